The maximum absolute atomic E-state index is 11.9. The normalized spacial score (nSPS) is 10.7. The number of hydrogen-bond acceptors (Lipinski definition) is 7. The molecule has 0 aliphatic heterocycles. The Morgan fingerprint density at radius 3 is 2.19 bits per heavy atom. The second-order valence-corrected chi connectivity index (χ2v) is 5.44. The van der Waals surface area contributed by atoms with Gasteiger partial charge in [0.05, 0.1) is 38.8 Å². The number of hydrogen-bond donors (Lipinski definition) is 2. The van der Waals surface area contributed by atoms with Gasteiger partial charge in [0, 0.05) is 6.54 Å². The molecule has 7 nitrogen and oxygen atoms in total. The van der Waals surface area contributed by atoms with Gasteiger partial charge in [-0.2, -0.15) is 0 Å². The Kier molecular flexibility index (Phi) is 7.25. The van der Waals surface area contributed by atoms with Crippen LogP contribution in [0.15, 0.2) is 60.3 Å². The van der Waals surface area contributed by atoms with Crippen LogP contribution in [0.3, 0.4) is 0 Å². The number of anilines is 2. The molecule has 2 aromatic carbocycles. The smallest absolute Gasteiger partial charge is 0.354 e. The van der Waals surface area contributed by atoms with Gasteiger partial charge in [-0.3, -0.25) is 0 Å². The maximum Gasteiger partial charge on any atom is 0.354 e. The third kappa shape index (κ3) is 5.78. The number of carbonyl (C=O) groups excluding carboxylic acids is 2. The fraction of sp³-hybridized carbons (Fsp3) is 0.200. The van der Waals surface area contributed by atoms with Crippen LogP contribution in [-0.4, -0.2) is 33.3 Å². The lowest BCUT2D eigenvalue weighted by Gasteiger charge is -2.15. The van der Waals surface area contributed by atoms with Crippen molar-refractivity contribution < 1.29 is 23.8 Å². The molecule has 2 N–H and O–H groups in total. The molecule has 0 spiro atoms. The molecule has 0 unspecified atom stereocenters. The number of esters is 2. The molecule has 0 bridgehead atoms. The van der Waals surface area contributed by atoms with Gasteiger partial charge in [0.15, 0.2) is 0 Å². The zero-order valence-corrected chi connectivity index (χ0v) is 15.4. The second kappa shape index (κ2) is 9.86. The maximum atomic E-state index is 11.9. The number of carbonyl (C=O) groups is 2. The zero-order valence-electron chi connectivity index (χ0n) is 15.4. The number of ether oxygens (including phenoxy) is 3. The van der Waals surface area contributed by atoms with Gasteiger partial charge < -0.3 is 24.8 Å². The largest absolute Gasteiger partial charge is 0.497 e. The van der Waals surface area contributed by atoms with Crippen molar-refractivity contribution in [2.24, 2.45) is 0 Å². The fourth-order valence-corrected chi connectivity index (χ4v) is 2.26. The van der Waals surface area contributed by atoms with Crippen molar-refractivity contribution in [3.05, 3.63) is 65.9 Å². The highest BCUT2D eigenvalue weighted by atomic mass is 16.5. The molecular weight excluding hydrogens is 348 g/mol. The molecule has 0 aliphatic rings. The zero-order chi connectivity index (χ0) is 19.6. The summed E-state index contributed by atoms with van der Waals surface area (Å²) in [4.78, 5) is 23.4. The summed E-state index contributed by atoms with van der Waals surface area (Å²) in [5.74, 6) is -0.548. The SMILES string of the molecule is COC(=O)/C=C(/Nc1ccccc1NCc1ccc(OC)cc1)C(=O)OC. The lowest BCUT2D eigenvalue weighted by Crippen LogP contribution is -2.16. The topological polar surface area (TPSA) is 85.9 Å². The van der Waals surface area contributed by atoms with Crippen molar-refractivity contribution >= 4 is 23.3 Å². The Labute approximate surface area is 157 Å². The van der Waals surface area contributed by atoms with Gasteiger partial charge in [-0.25, -0.2) is 9.59 Å². The van der Waals surface area contributed by atoms with E-state index in [0.717, 1.165) is 23.1 Å². The van der Waals surface area contributed by atoms with Crippen molar-refractivity contribution in [1.29, 1.82) is 0 Å². The fourth-order valence-electron chi connectivity index (χ4n) is 2.26. The van der Waals surface area contributed by atoms with Crippen LogP contribution in [0.2, 0.25) is 0 Å². The second-order valence-electron chi connectivity index (χ2n) is 5.44. The monoisotopic (exact) mass is 370 g/mol. The number of para-hydroxylation sites is 2. The van der Waals surface area contributed by atoms with E-state index in [0.29, 0.717) is 12.2 Å². The van der Waals surface area contributed by atoms with Gasteiger partial charge in [0.2, 0.25) is 0 Å². The average Bonchev–Trinajstić information content (AvgIpc) is 2.72. The van der Waals surface area contributed by atoms with E-state index < -0.39 is 11.9 Å². The highest BCUT2D eigenvalue weighted by Gasteiger charge is 2.14. The standard InChI is InChI=1S/C20H22N2O5/c1-25-15-10-8-14(9-11-15)13-21-16-6-4-5-7-17(16)22-18(20(24)27-3)12-19(23)26-2/h4-12,21-22H,13H2,1-3H3/b18-12+. The van der Waals surface area contributed by atoms with E-state index in [1.165, 1.54) is 14.2 Å². The Morgan fingerprint density at radius 1 is 0.926 bits per heavy atom. The molecule has 0 fully saturated rings. The third-order valence-corrected chi connectivity index (χ3v) is 3.71. The lowest BCUT2D eigenvalue weighted by molar-refractivity contribution is -0.138. The molecule has 0 aromatic heterocycles. The summed E-state index contributed by atoms with van der Waals surface area (Å²) in [5, 5.41) is 6.22. The van der Waals surface area contributed by atoms with Crippen LogP contribution in [-0.2, 0) is 25.6 Å². The molecule has 0 aliphatic carbocycles. The third-order valence-electron chi connectivity index (χ3n) is 3.71. The summed E-state index contributed by atoms with van der Waals surface area (Å²) in [6.07, 6.45) is 1.05. The molecular formula is C20H22N2O5. The lowest BCUT2D eigenvalue weighted by atomic mass is 10.2. The minimum Gasteiger partial charge on any atom is -0.497 e. The predicted molar refractivity (Wildman–Crippen MR) is 103 cm³/mol. The minimum atomic E-state index is -0.676. The van der Waals surface area contributed by atoms with Crippen molar-refractivity contribution in [3.63, 3.8) is 0 Å². The quantitative estimate of drug-likeness (QED) is 0.546. The highest BCUT2D eigenvalue weighted by Crippen LogP contribution is 2.24. The van der Waals surface area contributed by atoms with E-state index in [4.69, 9.17) is 9.47 Å². The number of benzene rings is 2. The molecule has 7 heteroatoms. The van der Waals surface area contributed by atoms with Crippen LogP contribution in [0.1, 0.15) is 5.56 Å². The van der Waals surface area contributed by atoms with Gasteiger partial charge in [0.1, 0.15) is 11.4 Å². The first kappa shape index (κ1) is 19.8. The van der Waals surface area contributed by atoms with Crippen molar-refractivity contribution in [1.82, 2.24) is 0 Å². The molecule has 142 valence electrons. The van der Waals surface area contributed by atoms with E-state index >= 15 is 0 Å². The summed E-state index contributed by atoms with van der Waals surface area (Å²) in [5.41, 5.74) is 2.41. The average molecular weight is 370 g/mol. The Morgan fingerprint density at radius 2 is 1.59 bits per heavy atom. The van der Waals surface area contributed by atoms with Gasteiger partial charge in [-0.15, -0.1) is 0 Å². The van der Waals surface area contributed by atoms with Gasteiger partial charge in [-0.05, 0) is 29.8 Å². The van der Waals surface area contributed by atoms with Crippen LogP contribution >= 0.6 is 0 Å². The predicted octanol–water partition coefficient (Wildman–Crippen LogP) is 2.95. The Hall–Kier alpha value is -3.48. The van der Waals surface area contributed by atoms with Gasteiger partial charge in [0.25, 0.3) is 0 Å². The molecule has 2 rings (SSSR count). The molecule has 0 heterocycles. The van der Waals surface area contributed by atoms with Crippen LogP contribution in [0.4, 0.5) is 11.4 Å². The van der Waals surface area contributed by atoms with Crippen LogP contribution in [0.25, 0.3) is 0 Å². The molecule has 27 heavy (non-hydrogen) atoms. The molecule has 2 aromatic rings. The van der Waals surface area contributed by atoms with Crippen molar-refractivity contribution in [2.45, 2.75) is 6.54 Å². The highest BCUT2D eigenvalue weighted by molar-refractivity contribution is 5.99. The van der Waals surface area contributed by atoms with E-state index in [-0.39, 0.29) is 5.70 Å². The summed E-state index contributed by atoms with van der Waals surface area (Å²) in [6.45, 7) is 0.566. The number of methoxy groups -OCH3 is 3. The molecule has 0 saturated heterocycles. The summed E-state index contributed by atoms with van der Waals surface area (Å²) < 4.78 is 14.4. The molecule has 0 saturated carbocycles. The van der Waals surface area contributed by atoms with Gasteiger partial charge >= 0.3 is 11.9 Å². The molecule has 0 atom stereocenters. The first-order valence-corrected chi connectivity index (χ1v) is 8.18. The van der Waals surface area contributed by atoms with Crippen molar-refractivity contribution in [3.8, 4) is 5.75 Å². The summed E-state index contributed by atoms with van der Waals surface area (Å²) >= 11 is 0. The van der Waals surface area contributed by atoms with Crippen LogP contribution in [0.5, 0.6) is 5.75 Å². The summed E-state index contributed by atoms with van der Waals surface area (Å²) in [7, 11) is 4.09. The van der Waals surface area contributed by atoms with E-state index in [1.54, 1.807) is 13.2 Å². The first-order valence-electron chi connectivity index (χ1n) is 8.18. The summed E-state index contributed by atoms with van der Waals surface area (Å²) in [6, 6.07) is 15.0. The molecule has 0 radical (unpaired) electrons. The van der Waals surface area contributed by atoms with E-state index in [1.807, 2.05) is 42.5 Å². The van der Waals surface area contributed by atoms with E-state index in [9.17, 15) is 9.59 Å². The Balaban J connectivity index is 2.16. The number of rotatable bonds is 8. The molecule has 0 amide bonds. The van der Waals surface area contributed by atoms with E-state index in [2.05, 4.69) is 15.4 Å². The minimum absolute atomic E-state index is 0.0250. The van der Waals surface area contributed by atoms with Gasteiger partial charge in [-0.1, -0.05) is 24.3 Å². The number of nitrogens with one attached hydrogen (secondary N) is 2. The first-order chi connectivity index (χ1) is 13.1. The Bertz CT molecular complexity index is 815. The van der Waals surface area contributed by atoms with Crippen LogP contribution < -0.4 is 15.4 Å². The van der Waals surface area contributed by atoms with Crippen molar-refractivity contribution in [2.75, 3.05) is 32.0 Å². The van der Waals surface area contributed by atoms with Crippen LogP contribution in [0, 0.1) is 0 Å².